The van der Waals surface area contributed by atoms with E-state index in [0.717, 1.165) is 10.8 Å². The third-order valence-corrected chi connectivity index (χ3v) is 3.34. The van der Waals surface area contributed by atoms with Crippen LogP contribution < -0.4 is 11.2 Å². The predicted octanol–water partition coefficient (Wildman–Crippen LogP) is -1.39. The summed E-state index contributed by atoms with van der Waals surface area (Å²) in [5.74, 6) is 0. The molecule has 1 aromatic heterocycles. The van der Waals surface area contributed by atoms with Crippen LogP contribution in [0.3, 0.4) is 0 Å². The van der Waals surface area contributed by atoms with Crippen molar-refractivity contribution in [3.63, 3.8) is 0 Å². The van der Waals surface area contributed by atoms with E-state index in [4.69, 9.17) is 10.00 Å². The van der Waals surface area contributed by atoms with Crippen LogP contribution in [0.25, 0.3) is 0 Å². The zero-order valence-electron chi connectivity index (χ0n) is 10.4. The van der Waals surface area contributed by atoms with Gasteiger partial charge in [0.1, 0.15) is 23.5 Å². The normalized spacial score (nSPS) is 29.1. The maximum atomic E-state index is 11.7. The molecule has 1 aliphatic rings. The van der Waals surface area contributed by atoms with Crippen molar-refractivity contribution >= 4 is 0 Å². The molecule has 3 atom stereocenters. The Morgan fingerprint density at radius 2 is 2.40 bits per heavy atom. The molecule has 0 aromatic carbocycles. The van der Waals surface area contributed by atoms with Crippen LogP contribution in [-0.4, -0.2) is 38.1 Å². The van der Waals surface area contributed by atoms with Gasteiger partial charge in [-0.3, -0.25) is 14.3 Å². The van der Waals surface area contributed by atoms with E-state index >= 15 is 0 Å². The molecule has 8 heteroatoms. The van der Waals surface area contributed by atoms with Crippen LogP contribution in [0.15, 0.2) is 28.4 Å². The molecule has 0 aliphatic carbocycles. The Kier molecular flexibility index (Phi) is 3.59. The fourth-order valence-corrected chi connectivity index (χ4v) is 2.11. The Balaban J connectivity index is 2.45. The van der Waals surface area contributed by atoms with Gasteiger partial charge < -0.3 is 14.9 Å². The second-order valence-corrected chi connectivity index (χ2v) is 4.46. The van der Waals surface area contributed by atoms with E-state index in [1.165, 1.54) is 6.08 Å². The number of aromatic nitrogens is 2. The average molecular weight is 279 g/mol. The highest BCUT2D eigenvalue weighted by Gasteiger charge is 2.46. The summed E-state index contributed by atoms with van der Waals surface area (Å²) in [6, 6.07) is 1.66. The molecule has 3 N–H and O–H groups in total. The topological polar surface area (TPSA) is 128 Å². The SMILES string of the molecule is C=C[C@]1(CO)O[C@@H](n2cc(C#N)c(=O)[nH]c2=O)C[C@@H]1O. The number of ether oxygens (including phenoxy) is 1. The number of nitrogens with zero attached hydrogens (tertiary/aromatic N) is 2. The van der Waals surface area contributed by atoms with Crippen LogP contribution in [0, 0.1) is 11.3 Å². The number of nitrogens with one attached hydrogen (secondary N) is 1. The van der Waals surface area contributed by atoms with E-state index in [-0.39, 0.29) is 12.0 Å². The third-order valence-electron chi connectivity index (χ3n) is 3.34. The minimum atomic E-state index is -1.37. The van der Waals surface area contributed by atoms with Gasteiger partial charge in [-0.05, 0) is 0 Å². The molecule has 106 valence electrons. The summed E-state index contributed by atoms with van der Waals surface area (Å²) < 4.78 is 6.48. The van der Waals surface area contributed by atoms with E-state index in [0.29, 0.717) is 0 Å². The van der Waals surface area contributed by atoms with Crippen molar-refractivity contribution in [1.82, 2.24) is 9.55 Å². The maximum Gasteiger partial charge on any atom is 0.330 e. The van der Waals surface area contributed by atoms with E-state index in [1.54, 1.807) is 6.07 Å². The summed E-state index contributed by atoms with van der Waals surface area (Å²) >= 11 is 0. The molecule has 0 bridgehead atoms. The van der Waals surface area contributed by atoms with E-state index < -0.39 is 35.8 Å². The summed E-state index contributed by atoms with van der Waals surface area (Å²) in [5, 5.41) is 28.0. The fraction of sp³-hybridized carbons (Fsp3) is 0.417. The number of nitriles is 1. The van der Waals surface area contributed by atoms with Crippen LogP contribution in [-0.2, 0) is 4.74 Å². The molecule has 0 amide bonds. The summed E-state index contributed by atoms with van der Waals surface area (Å²) in [6.07, 6.45) is 0.379. The first-order chi connectivity index (χ1) is 9.47. The third kappa shape index (κ3) is 2.08. The molecule has 8 nitrogen and oxygen atoms in total. The first-order valence-corrected chi connectivity index (χ1v) is 5.83. The predicted molar refractivity (Wildman–Crippen MR) is 66.8 cm³/mol. The molecular formula is C12H13N3O5. The molecule has 0 spiro atoms. The lowest BCUT2D eigenvalue weighted by molar-refractivity contribution is -0.0973. The van der Waals surface area contributed by atoms with Crippen molar-refractivity contribution < 1.29 is 14.9 Å². The lowest BCUT2D eigenvalue weighted by Crippen LogP contribution is -2.41. The standard InChI is InChI=1S/C12H13N3O5/c1-2-12(6-16)8(17)3-9(20-12)15-5-7(4-13)10(18)14-11(15)19/h2,5,8-9,16-17H,1,3,6H2,(H,14,18,19)/t8-,9+,12+/m0/s1. The Morgan fingerprint density at radius 1 is 1.70 bits per heavy atom. The molecule has 1 aromatic rings. The molecule has 1 aliphatic heterocycles. The van der Waals surface area contributed by atoms with Gasteiger partial charge >= 0.3 is 5.69 Å². The minimum Gasteiger partial charge on any atom is -0.393 e. The van der Waals surface area contributed by atoms with Gasteiger partial charge in [0.25, 0.3) is 5.56 Å². The summed E-state index contributed by atoms with van der Waals surface area (Å²) in [5.41, 5.74) is -3.16. The van der Waals surface area contributed by atoms with Crippen LogP contribution in [0.4, 0.5) is 0 Å². The van der Waals surface area contributed by atoms with Gasteiger partial charge in [0.05, 0.1) is 12.7 Å². The highest BCUT2D eigenvalue weighted by atomic mass is 16.6. The van der Waals surface area contributed by atoms with Crippen LogP contribution >= 0.6 is 0 Å². The second kappa shape index (κ2) is 5.05. The number of aliphatic hydroxyl groups excluding tert-OH is 2. The van der Waals surface area contributed by atoms with Gasteiger partial charge in [0, 0.05) is 12.6 Å². The van der Waals surface area contributed by atoms with Gasteiger partial charge in [-0.1, -0.05) is 6.08 Å². The first kappa shape index (κ1) is 14.2. The van der Waals surface area contributed by atoms with Gasteiger partial charge in [0.15, 0.2) is 0 Å². The molecule has 2 rings (SSSR count). The fourth-order valence-electron chi connectivity index (χ4n) is 2.11. The molecule has 0 radical (unpaired) electrons. The maximum absolute atomic E-state index is 11.7. The second-order valence-electron chi connectivity index (χ2n) is 4.46. The zero-order valence-corrected chi connectivity index (χ0v) is 10.4. The largest absolute Gasteiger partial charge is 0.393 e. The lowest BCUT2D eigenvalue weighted by Gasteiger charge is -2.26. The monoisotopic (exact) mass is 279 g/mol. The molecule has 20 heavy (non-hydrogen) atoms. The minimum absolute atomic E-state index is 0.0173. The lowest BCUT2D eigenvalue weighted by atomic mass is 9.98. The van der Waals surface area contributed by atoms with Crippen molar-refractivity contribution in [3.8, 4) is 6.07 Å². The van der Waals surface area contributed by atoms with E-state index in [2.05, 4.69) is 6.58 Å². The number of aliphatic hydroxyl groups is 2. The van der Waals surface area contributed by atoms with Gasteiger partial charge in [-0.2, -0.15) is 5.26 Å². The highest BCUT2D eigenvalue weighted by molar-refractivity contribution is 5.22. The first-order valence-electron chi connectivity index (χ1n) is 5.83. The molecular weight excluding hydrogens is 266 g/mol. The molecule has 0 saturated carbocycles. The quantitative estimate of drug-likeness (QED) is 0.584. The summed E-state index contributed by atoms with van der Waals surface area (Å²) in [6.45, 7) is 2.99. The smallest absolute Gasteiger partial charge is 0.330 e. The van der Waals surface area contributed by atoms with Crippen molar-refractivity contribution in [2.45, 2.75) is 24.4 Å². The van der Waals surface area contributed by atoms with Crippen LogP contribution in [0.1, 0.15) is 18.2 Å². The van der Waals surface area contributed by atoms with Crippen molar-refractivity contribution in [2.24, 2.45) is 0 Å². The van der Waals surface area contributed by atoms with Crippen molar-refractivity contribution in [1.29, 1.82) is 5.26 Å². The average Bonchev–Trinajstić information content (AvgIpc) is 2.76. The Bertz CT molecular complexity index is 686. The van der Waals surface area contributed by atoms with E-state index in [9.17, 15) is 19.8 Å². The van der Waals surface area contributed by atoms with Crippen molar-refractivity contribution in [3.05, 3.63) is 45.3 Å². The van der Waals surface area contributed by atoms with E-state index in [1.807, 2.05) is 4.98 Å². The molecule has 1 fully saturated rings. The Labute approximate surface area is 113 Å². The molecule has 2 heterocycles. The Morgan fingerprint density at radius 3 is 2.90 bits per heavy atom. The van der Waals surface area contributed by atoms with Crippen molar-refractivity contribution in [2.75, 3.05) is 6.61 Å². The van der Waals surface area contributed by atoms with Crippen LogP contribution in [0.2, 0.25) is 0 Å². The Hall–Kier alpha value is -2.21. The zero-order chi connectivity index (χ0) is 14.9. The number of hydrogen-bond acceptors (Lipinski definition) is 6. The summed E-state index contributed by atoms with van der Waals surface area (Å²) in [4.78, 5) is 25.0. The summed E-state index contributed by atoms with van der Waals surface area (Å²) in [7, 11) is 0. The number of hydrogen-bond donors (Lipinski definition) is 3. The highest BCUT2D eigenvalue weighted by Crippen LogP contribution is 2.36. The van der Waals surface area contributed by atoms with Gasteiger partial charge in [0.2, 0.25) is 0 Å². The van der Waals surface area contributed by atoms with Crippen LogP contribution in [0.5, 0.6) is 0 Å². The number of rotatable bonds is 3. The molecule has 0 unspecified atom stereocenters. The molecule has 1 saturated heterocycles. The number of H-pyrrole nitrogens is 1. The number of aromatic amines is 1. The van der Waals surface area contributed by atoms with Gasteiger partial charge in [-0.15, -0.1) is 6.58 Å². The van der Waals surface area contributed by atoms with Gasteiger partial charge in [-0.25, -0.2) is 4.79 Å².